The zero-order valence-corrected chi connectivity index (χ0v) is 33.9. The Hall–Kier alpha value is -2.73. The van der Waals surface area contributed by atoms with Gasteiger partial charge in [-0.25, -0.2) is 12.8 Å². The summed E-state index contributed by atoms with van der Waals surface area (Å²) in [5.74, 6) is 0.868. The van der Waals surface area contributed by atoms with Crippen molar-refractivity contribution < 1.29 is 22.3 Å². The number of nitrogens with zero attached hydrogens (tertiary/aromatic N) is 3. The van der Waals surface area contributed by atoms with Crippen LogP contribution in [0.2, 0.25) is 10.0 Å². The van der Waals surface area contributed by atoms with Gasteiger partial charge in [-0.15, -0.1) is 0 Å². The van der Waals surface area contributed by atoms with Gasteiger partial charge in [0.15, 0.2) is 11.6 Å². The van der Waals surface area contributed by atoms with E-state index in [1.807, 2.05) is 62.6 Å². The number of methoxy groups -OCH3 is 1. The molecular formula is C41H53Cl2FN4O4S. The molecule has 288 valence electrons. The van der Waals surface area contributed by atoms with E-state index < -0.39 is 21.9 Å². The fraction of sp³-hybridized carbons (Fsp3) is 0.537. The Morgan fingerprint density at radius 2 is 1.75 bits per heavy atom. The molecule has 1 aliphatic heterocycles. The largest absolute Gasteiger partial charge is 0.494 e. The van der Waals surface area contributed by atoms with E-state index >= 15 is 4.39 Å². The first-order valence-electron chi connectivity index (χ1n) is 18.6. The molecule has 2 bridgehead atoms. The van der Waals surface area contributed by atoms with Crippen LogP contribution in [0.1, 0.15) is 62.3 Å². The second kappa shape index (κ2) is 16.2. The molecule has 8 nitrogen and oxygen atoms in total. The maximum atomic E-state index is 15.8. The summed E-state index contributed by atoms with van der Waals surface area (Å²) in [6, 6.07) is 18.0. The monoisotopic (exact) mass is 786 g/mol. The number of hydrogen-bond donors (Lipinski definition) is 1. The number of carbonyl (C=O) groups excluding carboxylic acids is 1. The van der Waals surface area contributed by atoms with E-state index in [0.29, 0.717) is 58.3 Å². The molecular weight excluding hydrogens is 734 g/mol. The average molecular weight is 788 g/mol. The number of fused-ring (bicyclic) bond motifs is 2. The minimum absolute atomic E-state index is 0.0547. The van der Waals surface area contributed by atoms with Crippen LogP contribution < -0.4 is 10.1 Å². The number of amides is 1. The summed E-state index contributed by atoms with van der Waals surface area (Å²) in [5.41, 5.74) is 3.43. The lowest BCUT2D eigenvalue weighted by atomic mass is 9.45. The highest BCUT2D eigenvalue weighted by Crippen LogP contribution is 2.61. The van der Waals surface area contributed by atoms with Crippen LogP contribution in [-0.4, -0.2) is 80.1 Å². The highest BCUT2D eigenvalue weighted by Gasteiger charge is 2.56. The van der Waals surface area contributed by atoms with Crippen molar-refractivity contribution in [3.63, 3.8) is 0 Å². The summed E-state index contributed by atoms with van der Waals surface area (Å²) in [4.78, 5) is 18.1. The number of ether oxygens (including phenoxy) is 1. The van der Waals surface area contributed by atoms with Gasteiger partial charge in [0, 0.05) is 53.9 Å². The van der Waals surface area contributed by atoms with Crippen LogP contribution in [0.3, 0.4) is 0 Å². The van der Waals surface area contributed by atoms with Gasteiger partial charge < -0.3 is 15.0 Å². The fourth-order valence-electron chi connectivity index (χ4n) is 9.07. The molecule has 3 saturated carbocycles. The predicted molar refractivity (Wildman–Crippen MR) is 210 cm³/mol. The quantitative estimate of drug-likeness (QED) is 0.184. The van der Waals surface area contributed by atoms with E-state index in [1.54, 1.807) is 6.07 Å². The Kier molecular flexibility index (Phi) is 12.2. The van der Waals surface area contributed by atoms with Crippen LogP contribution in [-0.2, 0) is 40.9 Å². The molecule has 1 unspecified atom stereocenters. The molecule has 4 aliphatic rings. The van der Waals surface area contributed by atoms with E-state index in [2.05, 4.69) is 35.9 Å². The molecule has 12 heteroatoms. The topological polar surface area (TPSA) is 82.2 Å². The molecule has 3 aromatic carbocycles. The van der Waals surface area contributed by atoms with Crippen LogP contribution in [0.25, 0.3) is 0 Å². The molecule has 0 radical (unpaired) electrons. The summed E-state index contributed by atoms with van der Waals surface area (Å²) < 4.78 is 49.3. The fourth-order valence-corrected chi connectivity index (χ4v) is 11.1. The number of carbonyl (C=O) groups is 1. The normalized spacial score (nSPS) is 25.3. The van der Waals surface area contributed by atoms with E-state index in [1.165, 1.54) is 23.9 Å². The Balaban J connectivity index is 1.24. The molecule has 6 atom stereocenters. The molecule has 0 aromatic heterocycles. The Bertz CT molecular complexity index is 1890. The lowest BCUT2D eigenvalue weighted by molar-refractivity contribution is -0.136. The average Bonchev–Trinajstić information content (AvgIpc) is 3.40. The van der Waals surface area contributed by atoms with Gasteiger partial charge in [0.05, 0.1) is 12.9 Å². The standard InChI is InChI=1S/C41H53Cl2FN4O4S/c1-26-34-20-30(41(34,2)3)21-36(26)45-40(49)37-16-17-53(50,51)48(37)23-29-9-7-8-28(18-29)22-47(25-33-35(43)14-15-38(52-6)39(33)44)32(24-46(4)5)19-27-10-12-31(42)13-11-27/h7-15,18,26,30,32,34,36-37H,16-17,19-25H2,1-6H3,(H,45,49)/t26-,30-,32-,34+,36-,37?/m0/s1. The van der Waals surface area contributed by atoms with Crippen molar-refractivity contribution in [2.45, 2.75) is 84.2 Å². The Morgan fingerprint density at radius 1 is 1.04 bits per heavy atom. The molecule has 53 heavy (non-hydrogen) atoms. The van der Waals surface area contributed by atoms with Crippen molar-refractivity contribution in [1.29, 1.82) is 0 Å². The van der Waals surface area contributed by atoms with Crippen molar-refractivity contribution in [2.24, 2.45) is 23.2 Å². The molecule has 1 saturated heterocycles. The smallest absolute Gasteiger partial charge is 0.238 e. The van der Waals surface area contributed by atoms with Gasteiger partial charge in [-0.2, -0.15) is 4.31 Å². The maximum absolute atomic E-state index is 15.8. The molecule has 1 amide bonds. The number of rotatable bonds is 14. The number of nitrogens with one attached hydrogen (secondary N) is 1. The minimum atomic E-state index is -3.63. The van der Waals surface area contributed by atoms with Gasteiger partial charge in [-0.05, 0) is 104 Å². The van der Waals surface area contributed by atoms with Crippen molar-refractivity contribution in [3.05, 3.63) is 98.8 Å². The van der Waals surface area contributed by atoms with Gasteiger partial charge in [0.25, 0.3) is 0 Å². The number of sulfonamides is 1. The van der Waals surface area contributed by atoms with Gasteiger partial charge in [-0.1, -0.05) is 80.4 Å². The number of hydrogen-bond acceptors (Lipinski definition) is 6. The first-order chi connectivity index (χ1) is 25.1. The summed E-state index contributed by atoms with van der Waals surface area (Å²) >= 11 is 12.8. The van der Waals surface area contributed by atoms with Gasteiger partial charge in [-0.3, -0.25) is 9.69 Å². The van der Waals surface area contributed by atoms with Gasteiger partial charge in [0.2, 0.25) is 15.9 Å². The summed E-state index contributed by atoms with van der Waals surface area (Å²) in [6.45, 7) is 8.28. The third-order valence-corrected chi connectivity index (χ3v) is 14.7. The van der Waals surface area contributed by atoms with Crippen molar-refractivity contribution in [2.75, 3.05) is 33.5 Å². The van der Waals surface area contributed by atoms with Crippen molar-refractivity contribution in [3.8, 4) is 5.75 Å². The first kappa shape index (κ1) is 39.9. The minimum Gasteiger partial charge on any atom is -0.494 e. The van der Waals surface area contributed by atoms with Crippen LogP contribution >= 0.6 is 23.2 Å². The third-order valence-electron chi connectivity index (χ3n) is 12.3. The SMILES string of the molecule is COc1ccc(Cl)c(CN(Cc2cccc(CN3C(C(=O)N[C@H]4C[C@@H]5C[C@H]([C@@H]4C)C5(C)C)CCS3(=O)=O)c2)[C@@H](Cc2ccc(Cl)cc2)CN(C)C)c1F. The Morgan fingerprint density at radius 3 is 2.42 bits per heavy atom. The zero-order valence-electron chi connectivity index (χ0n) is 31.6. The second-order valence-corrected chi connectivity index (χ2v) is 19.1. The van der Waals surface area contributed by atoms with Crippen LogP contribution in [0.15, 0.2) is 60.7 Å². The highest BCUT2D eigenvalue weighted by atomic mass is 35.5. The number of likely N-dealkylation sites (N-methyl/N-ethyl adjacent to an activating group) is 1. The molecule has 7 rings (SSSR count). The first-order valence-corrected chi connectivity index (χ1v) is 21.0. The molecule has 3 aromatic rings. The predicted octanol–water partition coefficient (Wildman–Crippen LogP) is 7.41. The van der Waals surface area contributed by atoms with E-state index in [9.17, 15) is 13.2 Å². The number of halogens is 3. The molecule has 3 aliphatic carbocycles. The van der Waals surface area contributed by atoms with Gasteiger partial charge in [0.1, 0.15) is 6.04 Å². The summed E-state index contributed by atoms with van der Waals surface area (Å²) in [5, 5.41) is 4.24. The van der Waals surface area contributed by atoms with Crippen LogP contribution in [0, 0.1) is 29.0 Å². The van der Waals surface area contributed by atoms with Crippen LogP contribution in [0.4, 0.5) is 4.39 Å². The number of benzene rings is 3. The highest BCUT2D eigenvalue weighted by molar-refractivity contribution is 7.89. The lowest BCUT2D eigenvalue weighted by Gasteiger charge is -2.62. The van der Waals surface area contributed by atoms with Gasteiger partial charge >= 0.3 is 0 Å². The van der Waals surface area contributed by atoms with E-state index in [-0.39, 0.29) is 49.0 Å². The zero-order chi connectivity index (χ0) is 38.2. The van der Waals surface area contributed by atoms with Crippen molar-refractivity contribution in [1.82, 2.24) is 19.4 Å². The lowest BCUT2D eigenvalue weighted by Crippen LogP contribution is -2.61. The summed E-state index contributed by atoms with van der Waals surface area (Å²) in [7, 11) is 1.82. The van der Waals surface area contributed by atoms with E-state index in [0.717, 1.165) is 23.1 Å². The third kappa shape index (κ3) is 8.73. The van der Waals surface area contributed by atoms with E-state index in [4.69, 9.17) is 27.9 Å². The molecule has 1 heterocycles. The summed E-state index contributed by atoms with van der Waals surface area (Å²) in [6.07, 6.45) is 3.08. The van der Waals surface area contributed by atoms with Crippen LogP contribution in [0.5, 0.6) is 5.75 Å². The van der Waals surface area contributed by atoms with Crippen molar-refractivity contribution >= 4 is 39.1 Å². The Labute approximate surface area is 325 Å². The second-order valence-electron chi connectivity index (χ2n) is 16.2. The molecule has 4 fully saturated rings. The molecule has 1 N–H and O–H groups in total. The molecule has 0 spiro atoms. The maximum Gasteiger partial charge on any atom is 0.238 e.